The molecule has 1 aromatic rings. The van der Waals surface area contributed by atoms with Gasteiger partial charge in [-0.15, -0.1) is 0 Å². The lowest BCUT2D eigenvalue weighted by molar-refractivity contribution is 0.0997. The zero-order valence-electron chi connectivity index (χ0n) is 9.06. The fourth-order valence-corrected chi connectivity index (χ4v) is 1.33. The molecule has 5 nitrogen and oxygen atoms in total. The number of aromatic hydroxyl groups is 1. The summed E-state index contributed by atoms with van der Waals surface area (Å²) < 4.78 is 0. The minimum absolute atomic E-state index is 0.0291. The molecule has 1 rings (SSSR count). The molecule has 17 heavy (non-hydrogen) atoms. The van der Waals surface area contributed by atoms with Gasteiger partial charge in [0.05, 0.1) is 18.2 Å². The van der Waals surface area contributed by atoms with E-state index in [-0.39, 0.29) is 17.0 Å². The number of allylic oxidation sites excluding steroid dienone is 1. The van der Waals surface area contributed by atoms with E-state index in [2.05, 4.69) is 4.85 Å². The van der Waals surface area contributed by atoms with Crippen LogP contribution in [0.5, 0.6) is 5.75 Å². The first-order valence-corrected chi connectivity index (χ1v) is 4.62. The summed E-state index contributed by atoms with van der Waals surface area (Å²) in [6, 6.07) is 4.61. The van der Waals surface area contributed by atoms with Crippen LogP contribution in [0.3, 0.4) is 0 Å². The summed E-state index contributed by atoms with van der Waals surface area (Å²) in [5.74, 6) is -0.946. The molecule has 0 saturated carbocycles. The number of carbonyl (C=O) groups excluding carboxylic acids is 1. The molecule has 0 aromatic heterocycles. The third-order valence-corrected chi connectivity index (χ3v) is 2.13. The summed E-state index contributed by atoms with van der Waals surface area (Å²) in [6.45, 7) is 8.34. The van der Waals surface area contributed by atoms with E-state index in [1.165, 1.54) is 12.1 Å². The first-order chi connectivity index (χ1) is 7.99. The predicted molar refractivity (Wildman–Crippen MR) is 61.6 cm³/mol. The van der Waals surface area contributed by atoms with Crippen molar-refractivity contribution in [3.05, 3.63) is 45.9 Å². The van der Waals surface area contributed by atoms with Crippen LogP contribution in [0.25, 0.3) is 10.9 Å². The number of rotatable bonds is 2. The van der Waals surface area contributed by atoms with Crippen LogP contribution >= 0.6 is 0 Å². The Morgan fingerprint density at radius 2 is 2.29 bits per heavy atom. The Kier molecular flexibility index (Phi) is 3.48. The third kappa shape index (κ3) is 2.61. The van der Waals surface area contributed by atoms with Gasteiger partial charge in [-0.1, -0.05) is 0 Å². The molecule has 0 aliphatic heterocycles. The standard InChI is InChI=1S/C12H9N3O2/c1-7-3-8(4-9(6-13)15-2)5-10(11(7)16)12(14)17/h3-5,16H,1H3,(H2,14,17)/b9-4+. The first kappa shape index (κ1) is 12.3. The van der Waals surface area contributed by atoms with Crippen LogP contribution in [0.4, 0.5) is 0 Å². The van der Waals surface area contributed by atoms with Crippen molar-refractivity contribution < 1.29 is 9.90 Å². The highest BCUT2D eigenvalue weighted by atomic mass is 16.3. The number of benzene rings is 1. The van der Waals surface area contributed by atoms with Gasteiger partial charge in [-0.05, 0) is 36.3 Å². The minimum Gasteiger partial charge on any atom is -0.507 e. The molecule has 0 spiro atoms. The SMILES string of the molecule is [C-]#[N+]/C(C#N)=C/c1cc(C)c(O)c(C(N)=O)c1. The van der Waals surface area contributed by atoms with Crippen molar-refractivity contribution in [1.29, 1.82) is 5.26 Å². The maximum absolute atomic E-state index is 11.1. The van der Waals surface area contributed by atoms with Gasteiger partial charge in [-0.3, -0.25) is 4.79 Å². The number of carbonyl (C=O) groups is 1. The van der Waals surface area contributed by atoms with E-state index in [0.29, 0.717) is 11.1 Å². The van der Waals surface area contributed by atoms with Crippen LogP contribution in [0.2, 0.25) is 0 Å². The number of aryl methyl sites for hydroxylation is 1. The summed E-state index contributed by atoms with van der Waals surface area (Å²) in [4.78, 5) is 14.1. The molecule has 0 unspecified atom stereocenters. The monoisotopic (exact) mass is 227 g/mol. The van der Waals surface area contributed by atoms with E-state index >= 15 is 0 Å². The number of nitriles is 1. The van der Waals surface area contributed by atoms with E-state index in [4.69, 9.17) is 17.6 Å². The Balaban J connectivity index is 3.41. The molecular formula is C12H9N3O2. The minimum atomic E-state index is -0.762. The summed E-state index contributed by atoms with van der Waals surface area (Å²) in [5, 5.41) is 18.2. The van der Waals surface area contributed by atoms with Crippen molar-refractivity contribution in [3.63, 3.8) is 0 Å². The molecule has 1 amide bonds. The summed E-state index contributed by atoms with van der Waals surface area (Å²) >= 11 is 0. The van der Waals surface area contributed by atoms with Crippen LogP contribution in [0.15, 0.2) is 17.8 Å². The highest BCUT2D eigenvalue weighted by molar-refractivity contribution is 5.96. The quantitative estimate of drug-likeness (QED) is 0.593. The molecule has 1 aromatic carbocycles. The molecule has 0 radical (unpaired) electrons. The molecule has 0 bridgehead atoms. The van der Waals surface area contributed by atoms with Gasteiger partial charge in [-0.2, -0.15) is 0 Å². The average molecular weight is 227 g/mol. The lowest BCUT2D eigenvalue weighted by Crippen LogP contribution is -2.11. The van der Waals surface area contributed by atoms with Gasteiger partial charge < -0.3 is 10.8 Å². The number of nitrogens with zero attached hydrogens (tertiary/aromatic N) is 2. The van der Waals surface area contributed by atoms with Crippen molar-refractivity contribution in [2.24, 2.45) is 5.73 Å². The normalized spacial score (nSPS) is 10.4. The Morgan fingerprint density at radius 1 is 1.65 bits per heavy atom. The topological polar surface area (TPSA) is 91.5 Å². The van der Waals surface area contributed by atoms with Gasteiger partial charge in [0.2, 0.25) is 0 Å². The van der Waals surface area contributed by atoms with Crippen LogP contribution in [0.1, 0.15) is 21.5 Å². The van der Waals surface area contributed by atoms with Crippen LogP contribution in [0, 0.1) is 24.8 Å². The maximum atomic E-state index is 11.1. The van der Waals surface area contributed by atoms with Gasteiger partial charge in [0.25, 0.3) is 11.6 Å². The van der Waals surface area contributed by atoms with Gasteiger partial charge in [0.1, 0.15) is 5.75 Å². The number of hydrogen-bond donors (Lipinski definition) is 2. The van der Waals surface area contributed by atoms with Gasteiger partial charge in [-0.25, -0.2) is 10.1 Å². The molecule has 5 heteroatoms. The molecule has 0 heterocycles. The maximum Gasteiger partial charge on any atom is 0.262 e. The van der Waals surface area contributed by atoms with Gasteiger partial charge in [0.15, 0.2) is 0 Å². The second-order valence-electron chi connectivity index (χ2n) is 3.35. The Morgan fingerprint density at radius 3 is 2.76 bits per heavy atom. The fourth-order valence-electron chi connectivity index (χ4n) is 1.33. The zero-order valence-corrected chi connectivity index (χ0v) is 9.06. The Hall–Kier alpha value is -2.79. The summed E-state index contributed by atoms with van der Waals surface area (Å²) in [7, 11) is 0. The number of amides is 1. The third-order valence-electron chi connectivity index (χ3n) is 2.13. The van der Waals surface area contributed by atoms with Gasteiger partial charge in [0, 0.05) is 0 Å². The average Bonchev–Trinajstić information content (AvgIpc) is 2.29. The zero-order chi connectivity index (χ0) is 13.0. The Bertz CT molecular complexity index is 573. The predicted octanol–water partition coefficient (Wildman–Crippen LogP) is 1.58. The Labute approximate surface area is 98.2 Å². The molecule has 0 atom stereocenters. The molecular weight excluding hydrogens is 218 g/mol. The van der Waals surface area contributed by atoms with Crippen molar-refractivity contribution in [1.82, 2.24) is 0 Å². The fraction of sp³-hybridized carbons (Fsp3) is 0.0833. The molecule has 0 saturated heterocycles. The lowest BCUT2D eigenvalue weighted by Gasteiger charge is -2.05. The highest BCUT2D eigenvalue weighted by Crippen LogP contribution is 2.24. The first-order valence-electron chi connectivity index (χ1n) is 4.62. The molecule has 84 valence electrons. The van der Waals surface area contributed by atoms with Crippen LogP contribution in [-0.4, -0.2) is 11.0 Å². The molecule has 3 N–H and O–H groups in total. The van der Waals surface area contributed by atoms with E-state index in [9.17, 15) is 9.90 Å². The van der Waals surface area contributed by atoms with E-state index < -0.39 is 5.91 Å². The largest absolute Gasteiger partial charge is 0.507 e. The van der Waals surface area contributed by atoms with E-state index in [1.54, 1.807) is 19.1 Å². The van der Waals surface area contributed by atoms with Crippen LogP contribution in [-0.2, 0) is 0 Å². The smallest absolute Gasteiger partial charge is 0.262 e. The van der Waals surface area contributed by atoms with E-state index in [0.717, 1.165) is 0 Å². The number of hydrogen-bond acceptors (Lipinski definition) is 3. The van der Waals surface area contributed by atoms with Crippen LogP contribution < -0.4 is 5.73 Å². The second-order valence-corrected chi connectivity index (χ2v) is 3.35. The van der Waals surface area contributed by atoms with Crippen molar-refractivity contribution in [2.45, 2.75) is 6.92 Å². The second kappa shape index (κ2) is 4.82. The van der Waals surface area contributed by atoms with E-state index in [1.807, 2.05) is 0 Å². The molecule has 0 fully saturated rings. The van der Waals surface area contributed by atoms with Crippen molar-refractivity contribution >= 4 is 12.0 Å². The lowest BCUT2D eigenvalue weighted by atomic mass is 10.0. The van der Waals surface area contributed by atoms with Crippen molar-refractivity contribution in [3.8, 4) is 11.8 Å². The number of primary amides is 1. The summed E-state index contributed by atoms with van der Waals surface area (Å²) in [6.07, 6.45) is 1.33. The van der Waals surface area contributed by atoms with Gasteiger partial charge >= 0.3 is 0 Å². The number of phenols is 1. The highest BCUT2D eigenvalue weighted by Gasteiger charge is 2.11. The molecule has 0 aliphatic carbocycles. The summed E-state index contributed by atoms with van der Waals surface area (Å²) in [5.41, 5.74) is 5.90. The van der Waals surface area contributed by atoms with Crippen molar-refractivity contribution in [2.75, 3.05) is 0 Å². The number of nitrogens with two attached hydrogens (primary N) is 1. The molecule has 0 aliphatic rings.